The maximum Gasteiger partial charge on any atom is 0.0319 e. The van der Waals surface area contributed by atoms with E-state index in [4.69, 9.17) is 10.2 Å². The zero-order valence-electron chi connectivity index (χ0n) is 19.7. The Bertz CT molecular complexity index is 519. The largest absolute Gasteiger partial charge is 0.400 e. The molecule has 0 aromatic rings. The molecule has 28 heavy (non-hydrogen) atoms. The third kappa shape index (κ3) is 7.67. The van der Waals surface area contributed by atoms with E-state index in [1.54, 1.807) is 11.1 Å². The van der Waals surface area contributed by atoms with E-state index in [-0.39, 0.29) is 0 Å². The molecular weight excluding hydrogens is 440 g/mol. The molecule has 0 saturated heterocycles. The fourth-order valence-electron chi connectivity index (χ4n) is 4.76. The van der Waals surface area contributed by atoms with E-state index in [1.165, 1.54) is 38.5 Å². The van der Waals surface area contributed by atoms with Crippen molar-refractivity contribution in [2.75, 3.05) is 14.2 Å². The fraction of sp³-hybridized carbons (Fsp3) is 0.667. The van der Waals surface area contributed by atoms with Gasteiger partial charge in [-0.1, -0.05) is 0 Å². The molecule has 2 unspecified atom stereocenters. The normalized spacial score (nSPS) is 25.0. The van der Waals surface area contributed by atoms with Gasteiger partial charge in [-0.25, -0.2) is 0 Å². The van der Waals surface area contributed by atoms with Crippen molar-refractivity contribution in [1.82, 2.24) is 0 Å². The third-order valence-corrected chi connectivity index (χ3v) is 29.9. The number of rotatable bonds is 9. The quantitative estimate of drug-likeness (QED) is 0.365. The number of allylic oxidation sites excluding steroid dienone is 8. The standard InChI is InChI=1S/2C10H15.C2H7Si.2CH4O.Zr/c2*1-3-4-5-10-7-6-9(2)8-10;1-3-2;2*1-2;/h2*6-8H,3-5H2,1-2H3;3H,1-2H3;2*2H,1H3;. The van der Waals surface area contributed by atoms with Crippen LogP contribution in [0.5, 0.6) is 0 Å². The summed E-state index contributed by atoms with van der Waals surface area (Å²) in [6.45, 7) is 15.0. The zero-order chi connectivity index (χ0) is 21.8. The number of unbranched alkanes of at least 4 members (excludes halogenated alkanes) is 2. The zero-order valence-corrected chi connectivity index (χ0v) is 23.3. The summed E-state index contributed by atoms with van der Waals surface area (Å²) in [5.74, 6) is -0.630. The molecule has 2 aliphatic rings. The minimum absolute atomic E-state index is 0.432. The van der Waals surface area contributed by atoms with Crippen molar-refractivity contribution >= 4 is 5.92 Å². The van der Waals surface area contributed by atoms with Crippen molar-refractivity contribution < 1.29 is 31.1 Å². The molecule has 2 atom stereocenters. The van der Waals surface area contributed by atoms with E-state index >= 15 is 0 Å². The Hall–Kier alpha value is -0.0200. The van der Waals surface area contributed by atoms with E-state index in [0.717, 1.165) is 14.2 Å². The maximum absolute atomic E-state index is 7.00. The Morgan fingerprint density at radius 1 is 0.786 bits per heavy atom. The molecule has 0 bridgehead atoms. The summed E-state index contributed by atoms with van der Waals surface area (Å²) in [6.07, 6.45) is 23.4. The van der Waals surface area contributed by atoms with Crippen LogP contribution >= 0.6 is 0 Å². The van der Waals surface area contributed by atoms with Crippen LogP contribution in [-0.4, -0.2) is 30.4 Å². The van der Waals surface area contributed by atoms with Crippen LogP contribution in [0.15, 0.2) is 47.6 Å². The average molecular weight is 485 g/mol. The van der Waals surface area contributed by atoms with Gasteiger partial charge in [0.2, 0.25) is 0 Å². The minimum Gasteiger partial charge on any atom is -0.400 e. The molecule has 0 aromatic heterocycles. The molecule has 161 valence electrons. The Morgan fingerprint density at radius 2 is 1.14 bits per heavy atom. The van der Waals surface area contributed by atoms with Gasteiger partial charge in [0.05, 0.1) is 0 Å². The van der Waals surface area contributed by atoms with Crippen molar-refractivity contribution in [3.05, 3.63) is 47.6 Å². The van der Waals surface area contributed by atoms with Gasteiger partial charge < -0.3 is 10.2 Å². The molecule has 4 heteroatoms. The summed E-state index contributed by atoms with van der Waals surface area (Å²) in [5.41, 5.74) is 3.24. The molecule has 2 aliphatic carbocycles. The molecule has 0 spiro atoms. The van der Waals surface area contributed by atoms with Crippen LogP contribution in [0.4, 0.5) is 0 Å². The van der Waals surface area contributed by atoms with Crippen LogP contribution in [0.2, 0.25) is 19.3 Å². The number of aliphatic hydroxyl groups is 2. The van der Waals surface area contributed by atoms with Crippen molar-refractivity contribution in [2.45, 2.75) is 85.6 Å². The first-order valence-electron chi connectivity index (χ1n) is 10.9. The smallest absolute Gasteiger partial charge is 0.0319 e. The van der Waals surface area contributed by atoms with Gasteiger partial charge in [-0.2, -0.15) is 0 Å². The van der Waals surface area contributed by atoms with Crippen molar-refractivity contribution in [1.29, 1.82) is 0 Å². The molecule has 2 nitrogen and oxygen atoms in total. The van der Waals surface area contributed by atoms with Gasteiger partial charge in [0.15, 0.2) is 0 Å². The van der Waals surface area contributed by atoms with Crippen LogP contribution in [-0.2, 0) is 20.9 Å². The van der Waals surface area contributed by atoms with Crippen molar-refractivity contribution in [3.8, 4) is 0 Å². The first kappa shape index (κ1) is 28.0. The second-order valence-corrected chi connectivity index (χ2v) is 30.0. The fourth-order valence-corrected chi connectivity index (χ4v) is 33.5. The van der Waals surface area contributed by atoms with E-state index in [9.17, 15) is 0 Å². The van der Waals surface area contributed by atoms with E-state index < -0.39 is 26.8 Å². The summed E-state index contributed by atoms with van der Waals surface area (Å²) >= 11 is -1.69. The summed E-state index contributed by atoms with van der Waals surface area (Å²) in [6, 6.07) is 0. The SMILES string of the molecule is CCCCC1=C[C](C)([Zr]([SiH](C)C)[C]2(C)C=CC(CCCC)=C2)C=C1.CO.CO. The molecule has 0 radical (unpaired) electrons. The average Bonchev–Trinajstić information content (AvgIpc) is 3.24. The minimum atomic E-state index is -1.69. The molecular formula is C24H45O2SiZr. The maximum atomic E-state index is 7.00. The van der Waals surface area contributed by atoms with Gasteiger partial charge in [0, 0.05) is 14.2 Å². The monoisotopic (exact) mass is 483 g/mol. The molecule has 0 aliphatic heterocycles. The second-order valence-electron chi connectivity index (χ2n) is 8.45. The number of hydrogen-bond donors (Lipinski definition) is 2. The van der Waals surface area contributed by atoms with E-state index in [1.807, 2.05) is 0 Å². The summed E-state index contributed by atoms with van der Waals surface area (Å²) in [4.78, 5) is 0. The van der Waals surface area contributed by atoms with Crippen LogP contribution in [0.3, 0.4) is 0 Å². The van der Waals surface area contributed by atoms with Gasteiger partial charge in [0.25, 0.3) is 0 Å². The van der Waals surface area contributed by atoms with Gasteiger partial charge >= 0.3 is 160 Å². The molecule has 0 saturated carbocycles. The topological polar surface area (TPSA) is 40.5 Å². The van der Waals surface area contributed by atoms with Crippen LogP contribution in [0.1, 0.15) is 66.2 Å². The van der Waals surface area contributed by atoms with Gasteiger partial charge in [0.1, 0.15) is 0 Å². The van der Waals surface area contributed by atoms with Gasteiger partial charge in [-0.15, -0.1) is 0 Å². The second kappa shape index (κ2) is 14.1. The predicted molar refractivity (Wildman–Crippen MR) is 125 cm³/mol. The number of aliphatic hydroxyl groups excluding tert-OH is 2. The summed E-state index contributed by atoms with van der Waals surface area (Å²) in [5, 5.41) is 14.0. The Labute approximate surface area is 183 Å². The van der Waals surface area contributed by atoms with Crippen molar-refractivity contribution in [2.24, 2.45) is 0 Å². The summed E-state index contributed by atoms with van der Waals surface area (Å²) < 4.78 is 0.864. The molecule has 0 aromatic carbocycles. The number of hydrogen-bond acceptors (Lipinski definition) is 2. The molecule has 2 N–H and O–H groups in total. The molecule has 2 rings (SSSR count). The van der Waals surface area contributed by atoms with Crippen molar-refractivity contribution in [3.63, 3.8) is 0 Å². The molecule has 0 heterocycles. The van der Waals surface area contributed by atoms with Crippen LogP contribution in [0, 0.1) is 0 Å². The van der Waals surface area contributed by atoms with E-state index in [0.29, 0.717) is 6.25 Å². The molecule has 0 fully saturated rings. The first-order valence-corrected chi connectivity index (χ1v) is 20.5. The Morgan fingerprint density at radius 3 is 1.43 bits per heavy atom. The Kier molecular flexibility index (Phi) is 14.1. The first-order chi connectivity index (χ1) is 13.3. The van der Waals surface area contributed by atoms with Crippen LogP contribution in [0.25, 0.3) is 0 Å². The molecule has 0 amide bonds. The predicted octanol–water partition coefficient (Wildman–Crippen LogP) is 6.54. The third-order valence-electron chi connectivity index (χ3n) is 5.63. The van der Waals surface area contributed by atoms with Gasteiger partial charge in [-0.3, -0.25) is 0 Å². The Balaban J connectivity index is 0.00000171. The van der Waals surface area contributed by atoms with Crippen LogP contribution < -0.4 is 0 Å². The van der Waals surface area contributed by atoms with E-state index in [2.05, 4.69) is 77.2 Å². The summed E-state index contributed by atoms with van der Waals surface area (Å²) in [7, 11) is 2.00. The van der Waals surface area contributed by atoms with Gasteiger partial charge in [-0.05, 0) is 0 Å².